The predicted molar refractivity (Wildman–Crippen MR) is 75.4 cm³/mol. The van der Waals surface area contributed by atoms with Crippen LogP contribution in [0.4, 0.5) is 5.69 Å². The molecular weight excluding hydrogens is 206 g/mol. The van der Waals surface area contributed by atoms with E-state index < -0.39 is 0 Å². The van der Waals surface area contributed by atoms with Crippen molar-refractivity contribution in [3.63, 3.8) is 0 Å². The van der Waals surface area contributed by atoms with Crippen LogP contribution < -0.4 is 4.90 Å². The van der Waals surface area contributed by atoms with Crippen LogP contribution in [0.15, 0.2) is 24.3 Å². The van der Waals surface area contributed by atoms with Gasteiger partial charge in [-0.1, -0.05) is 38.0 Å². The molecular formula is C16H24N. The first-order valence-corrected chi connectivity index (χ1v) is 7.00. The Morgan fingerprint density at radius 2 is 2.12 bits per heavy atom. The van der Waals surface area contributed by atoms with E-state index in [-0.39, 0.29) is 0 Å². The third-order valence-electron chi connectivity index (χ3n) is 3.82. The molecule has 0 spiro atoms. The number of anilines is 1. The first-order valence-electron chi connectivity index (χ1n) is 7.00. The predicted octanol–water partition coefficient (Wildman–Crippen LogP) is 4.42. The van der Waals surface area contributed by atoms with Crippen LogP contribution in [0.3, 0.4) is 0 Å². The lowest BCUT2D eigenvalue weighted by Gasteiger charge is -2.38. The second-order valence-corrected chi connectivity index (χ2v) is 5.11. The minimum absolute atomic E-state index is 0.742. The normalized spacial score (nSPS) is 20.6. The van der Waals surface area contributed by atoms with Crippen molar-refractivity contribution < 1.29 is 0 Å². The fourth-order valence-corrected chi connectivity index (χ4v) is 2.85. The molecule has 1 nitrogen and oxygen atoms in total. The van der Waals surface area contributed by atoms with Gasteiger partial charge in [0.1, 0.15) is 0 Å². The van der Waals surface area contributed by atoms with Crippen molar-refractivity contribution in [1.29, 1.82) is 0 Å². The number of nitrogens with zero attached hydrogens (tertiary/aromatic N) is 1. The molecule has 0 aliphatic carbocycles. The Hall–Kier alpha value is -0.980. The Labute approximate surface area is 106 Å². The fourth-order valence-electron chi connectivity index (χ4n) is 2.85. The van der Waals surface area contributed by atoms with Crippen molar-refractivity contribution in [3.8, 4) is 0 Å². The van der Waals surface area contributed by atoms with Crippen LogP contribution in [-0.2, 0) is 0 Å². The van der Waals surface area contributed by atoms with Crippen molar-refractivity contribution in [1.82, 2.24) is 0 Å². The Morgan fingerprint density at radius 3 is 2.88 bits per heavy atom. The molecule has 2 rings (SSSR count). The highest BCUT2D eigenvalue weighted by Gasteiger charge is 2.22. The second kappa shape index (κ2) is 6.09. The summed E-state index contributed by atoms with van der Waals surface area (Å²) in [7, 11) is 0. The van der Waals surface area contributed by atoms with E-state index in [0.29, 0.717) is 0 Å². The summed E-state index contributed by atoms with van der Waals surface area (Å²) in [5.41, 5.74) is 2.53. The third kappa shape index (κ3) is 3.02. The lowest BCUT2D eigenvalue weighted by molar-refractivity contribution is 0.427. The Morgan fingerprint density at radius 1 is 1.29 bits per heavy atom. The number of rotatable bonds is 4. The Bertz CT molecular complexity index is 345. The van der Waals surface area contributed by atoms with Crippen LogP contribution in [0.2, 0.25) is 0 Å². The minimum atomic E-state index is 0.742. The Kier molecular flexibility index (Phi) is 4.47. The van der Waals surface area contributed by atoms with E-state index in [2.05, 4.69) is 43.0 Å². The van der Waals surface area contributed by atoms with E-state index in [9.17, 15) is 0 Å². The van der Waals surface area contributed by atoms with Crippen molar-refractivity contribution in [2.75, 3.05) is 11.4 Å². The van der Waals surface area contributed by atoms with Crippen LogP contribution in [0.25, 0.3) is 0 Å². The Balaban J connectivity index is 2.13. The van der Waals surface area contributed by atoms with Gasteiger partial charge in [0.15, 0.2) is 0 Å². The summed E-state index contributed by atoms with van der Waals surface area (Å²) in [6.45, 7) is 7.66. The van der Waals surface area contributed by atoms with Crippen molar-refractivity contribution in [3.05, 3.63) is 36.8 Å². The molecule has 17 heavy (non-hydrogen) atoms. The van der Waals surface area contributed by atoms with Gasteiger partial charge in [0.25, 0.3) is 0 Å². The van der Waals surface area contributed by atoms with Gasteiger partial charge in [0, 0.05) is 18.3 Å². The van der Waals surface area contributed by atoms with Gasteiger partial charge in [-0.25, -0.2) is 0 Å². The molecule has 1 heterocycles. The standard InChI is InChI=1S/C16H24N/c1-3-4-10-15-11-7-8-13-17(15)16-12-6-5-9-14(16)2/h5-6,9,12,15H,2-4,7-8,10-11,13H2,1H3. The van der Waals surface area contributed by atoms with Crippen LogP contribution in [0.5, 0.6) is 0 Å². The van der Waals surface area contributed by atoms with Gasteiger partial charge < -0.3 is 4.90 Å². The van der Waals surface area contributed by atoms with Gasteiger partial charge in [-0.3, -0.25) is 0 Å². The molecule has 1 aromatic carbocycles. The monoisotopic (exact) mass is 230 g/mol. The number of hydrogen-bond donors (Lipinski definition) is 0. The van der Waals surface area contributed by atoms with Gasteiger partial charge in [-0.15, -0.1) is 0 Å². The number of piperidine rings is 1. The molecule has 1 aliphatic heterocycles. The zero-order valence-corrected chi connectivity index (χ0v) is 11.0. The van der Waals surface area contributed by atoms with Gasteiger partial charge in [-0.2, -0.15) is 0 Å². The summed E-state index contributed by atoms with van der Waals surface area (Å²) < 4.78 is 0. The van der Waals surface area contributed by atoms with E-state index in [1.807, 2.05) is 0 Å². The summed E-state index contributed by atoms with van der Waals surface area (Å²) in [6, 6.07) is 9.31. The molecule has 0 saturated carbocycles. The van der Waals surface area contributed by atoms with Crippen LogP contribution in [0, 0.1) is 6.92 Å². The van der Waals surface area contributed by atoms with Gasteiger partial charge in [-0.05, 0) is 44.2 Å². The number of benzene rings is 1. The summed E-state index contributed by atoms with van der Waals surface area (Å²) in [5.74, 6) is 0. The molecule has 0 N–H and O–H groups in total. The van der Waals surface area contributed by atoms with E-state index >= 15 is 0 Å². The average Bonchev–Trinajstić information content (AvgIpc) is 2.37. The fraction of sp³-hybridized carbons (Fsp3) is 0.562. The lowest BCUT2D eigenvalue weighted by Crippen LogP contribution is -2.39. The lowest BCUT2D eigenvalue weighted by atomic mass is 9.96. The van der Waals surface area contributed by atoms with Crippen molar-refractivity contribution in [2.24, 2.45) is 0 Å². The zero-order valence-electron chi connectivity index (χ0n) is 11.0. The van der Waals surface area contributed by atoms with Crippen LogP contribution >= 0.6 is 0 Å². The van der Waals surface area contributed by atoms with Gasteiger partial charge in [0.2, 0.25) is 0 Å². The van der Waals surface area contributed by atoms with E-state index in [4.69, 9.17) is 0 Å². The molecule has 93 valence electrons. The highest BCUT2D eigenvalue weighted by Crippen LogP contribution is 2.29. The molecule has 0 amide bonds. The molecule has 1 fully saturated rings. The smallest absolute Gasteiger partial charge is 0.0401 e. The number of unbranched alkanes of at least 4 members (excludes halogenated alkanes) is 1. The highest BCUT2D eigenvalue weighted by molar-refractivity contribution is 5.56. The van der Waals surface area contributed by atoms with Crippen LogP contribution in [0.1, 0.15) is 51.0 Å². The minimum Gasteiger partial charge on any atom is -0.368 e. The average molecular weight is 230 g/mol. The SMILES string of the molecule is [CH2]c1ccccc1N1CCCCC1CCCC. The topological polar surface area (TPSA) is 3.24 Å². The maximum Gasteiger partial charge on any atom is 0.0401 e. The molecule has 1 aliphatic rings. The van der Waals surface area contributed by atoms with Gasteiger partial charge in [0.05, 0.1) is 0 Å². The molecule has 1 unspecified atom stereocenters. The van der Waals surface area contributed by atoms with Crippen LogP contribution in [-0.4, -0.2) is 12.6 Å². The third-order valence-corrected chi connectivity index (χ3v) is 3.82. The molecule has 1 aromatic rings. The summed E-state index contributed by atoms with van der Waals surface area (Å²) in [5, 5.41) is 0. The number of hydrogen-bond acceptors (Lipinski definition) is 1. The van der Waals surface area contributed by atoms with E-state index in [1.165, 1.54) is 56.3 Å². The number of para-hydroxylation sites is 1. The molecule has 1 atom stereocenters. The second-order valence-electron chi connectivity index (χ2n) is 5.11. The summed E-state index contributed by atoms with van der Waals surface area (Å²) in [6.07, 6.45) is 8.07. The maximum atomic E-state index is 4.17. The first kappa shape index (κ1) is 12.5. The quantitative estimate of drug-likeness (QED) is 0.740. The maximum absolute atomic E-state index is 4.17. The largest absolute Gasteiger partial charge is 0.368 e. The summed E-state index contributed by atoms with van der Waals surface area (Å²) in [4.78, 5) is 2.60. The molecule has 1 heteroatoms. The molecule has 1 radical (unpaired) electrons. The van der Waals surface area contributed by atoms with E-state index in [1.54, 1.807) is 0 Å². The highest BCUT2D eigenvalue weighted by atomic mass is 15.2. The molecule has 1 saturated heterocycles. The van der Waals surface area contributed by atoms with Crippen molar-refractivity contribution >= 4 is 5.69 Å². The summed E-state index contributed by atoms with van der Waals surface area (Å²) >= 11 is 0. The zero-order chi connectivity index (χ0) is 12.1. The molecule has 0 bridgehead atoms. The molecule has 0 aromatic heterocycles. The van der Waals surface area contributed by atoms with Crippen molar-refractivity contribution in [2.45, 2.75) is 51.5 Å². The first-order chi connectivity index (χ1) is 8.33. The van der Waals surface area contributed by atoms with E-state index in [0.717, 1.165) is 6.04 Å². The van der Waals surface area contributed by atoms with Gasteiger partial charge >= 0.3 is 0 Å².